The van der Waals surface area contributed by atoms with Gasteiger partial charge in [0.05, 0.1) is 5.92 Å². The van der Waals surface area contributed by atoms with Gasteiger partial charge in [-0.1, -0.05) is 0 Å². The fourth-order valence-corrected chi connectivity index (χ4v) is 2.34. The van der Waals surface area contributed by atoms with Gasteiger partial charge in [-0.2, -0.15) is 0 Å². The Hall–Kier alpha value is -1.79. The highest BCUT2D eigenvalue weighted by Crippen LogP contribution is 2.24. The molecule has 0 bridgehead atoms. The average Bonchev–Trinajstić information content (AvgIpc) is 2.69. The summed E-state index contributed by atoms with van der Waals surface area (Å²) in [5.74, 6) is -1.49. The topological polar surface area (TPSA) is 98.7 Å². The van der Waals surface area contributed by atoms with Crippen molar-refractivity contribution in [1.82, 2.24) is 15.5 Å². The summed E-state index contributed by atoms with van der Waals surface area (Å²) < 4.78 is 0. The predicted octanol–water partition coefficient (Wildman–Crippen LogP) is 0.406. The summed E-state index contributed by atoms with van der Waals surface area (Å²) in [4.78, 5) is 35.8. The summed E-state index contributed by atoms with van der Waals surface area (Å²) >= 11 is 0. The van der Waals surface area contributed by atoms with Gasteiger partial charge >= 0.3 is 12.0 Å². The van der Waals surface area contributed by atoms with Crippen molar-refractivity contribution in [3.63, 3.8) is 0 Å². The van der Waals surface area contributed by atoms with Crippen LogP contribution in [0.15, 0.2) is 0 Å². The molecule has 2 unspecified atom stereocenters. The van der Waals surface area contributed by atoms with Crippen molar-refractivity contribution in [3.05, 3.63) is 0 Å². The van der Waals surface area contributed by atoms with Gasteiger partial charge < -0.3 is 20.6 Å². The molecule has 0 saturated carbocycles. The number of rotatable bonds is 5. The molecule has 0 spiro atoms. The maximum Gasteiger partial charge on any atom is 0.317 e. The molecule has 1 aliphatic heterocycles. The van der Waals surface area contributed by atoms with Crippen LogP contribution in [0.2, 0.25) is 0 Å². The Bertz CT molecular complexity index is 384. The number of aliphatic carboxylic acids is 1. The second kappa shape index (κ2) is 7.12. The highest BCUT2D eigenvalue weighted by molar-refractivity contribution is 5.80. The number of hydrogen-bond acceptors (Lipinski definition) is 3. The van der Waals surface area contributed by atoms with Gasteiger partial charge in [-0.15, -0.1) is 0 Å². The van der Waals surface area contributed by atoms with Crippen LogP contribution >= 0.6 is 0 Å². The number of urea groups is 1. The summed E-state index contributed by atoms with van der Waals surface area (Å²) in [6.07, 6.45) is 0.687. The molecule has 1 aliphatic rings. The maximum atomic E-state index is 11.9. The number of carboxylic acid groups (broad SMARTS) is 1. The van der Waals surface area contributed by atoms with Gasteiger partial charge in [0.25, 0.3) is 0 Å². The van der Waals surface area contributed by atoms with Crippen LogP contribution in [0.5, 0.6) is 0 Å². The smallest absolute Gasteiger partial charge is 0.317 e. The van der Waals surface area contributed by atoms with Crippen LogP contribution in [-0.4, -0.2) is 53.1 Å². The maximum absolute atomic E-state index is 11.9. The molecule has 3 N–H and O–H groups in total. The molecule has 1 saturated heterocycles. The van der Waals surface area contributed by atoms with Gasteiger partial charge in [0.1, 0.15) is 0 Å². The first-order valence-corrected chi connectivity index (χ1v) is 6.89. The van der Waals surface area contributed by atoms with E-state index < -0.39 is 11.9 Å². The quantitative estimate of drug-likeness (QED) is 0.681. The van der Waals surface area contributed by atoms with E-state index in [0.29, 0.717) is 13.0 Å². The Morgan fingerprint density at radius 3 is 2.50 bits per heavy atom. The summed E-state index contributed by atoms with van der Waals surface area (Å²) in [6, 6.07) is -0.552. The minimum atomic E-state index is -0.871. The highest BCUT2D eigenvalue weighted by atomic mass is 16.4. The first-order chi connectivity index (χ1) is 9.32. The number of amides is 3. The van der Waals surface area contributed by atoms with Crippen molar-refractivity contribution in [2.24, 2.45) is 5.92 Å². The molecule has 0 aromatic heterocycles. The normalized spacial score (nSPS) is 21.9. The largest absolute Gasteiger partial charge is 0.481 e. The lowest BCUT2D eigenvalue weighted by Gasteiger charge is -2.23. The van der Waals surface area contributed by atoms with Crippen molar-refractivity contribution in [2.45, 2.75) is 45.7 Å². The molecule has 7 nitrogen and oxygen atoms in total. The molecule has 3 amide bonds. The lowest BCUT2D eigenvalue weighted by molar-refractivity contribution is -0.142. The zero-order valence-electron chi connectivity index (χ0n) is 12.2. The second-order valence-electron chi connectivity index (χ2n) is 5.37. The molecular formula is C13H23N3O4. The van der Waals surface area contributed by atoms with Crippen molar-refractivity contribution in [3.8, 4) is 0 Å². The number of nitrogens with one attached hydrogen (secondary N) is 2. The Labute approximate surface area is 118 Å². The molecular weight excluding hydrogens is 262 g/mol. The number of likely N-dealkylation sites (tertiary alicyclic amines) is 1. The van der Waals surface area contributed by atoms with E-state index in [9.17, 15) is 14.4 Å². The first kappa shape index (κ1) is 16.3. The summed E-state index contributed by atoms with van der Waals surface area (Å²) in [6.45, 7) is 6.15. The number of nitrogens with zero attached hydrogens (tertiary/aromatic N) is 1. The SMILES string of the molecule is CC(C)NC(=O)CCNC(=O)N1CCC(C(=O)O)C1C. The number of hydrogen-bond donors (Lipinski definition) is 3. The first-order valence-electron chi connectivity index (χ1n) is 6.89. The zero-order valence-corrected chi connectivity index (χ0v) is 12.2. The van der Waals surface area contributed by atoms with Crippen LogP contribution in [0.1, 0.15) is 33.6 Å². The number of carbonyl (C=O) groups excluding carboxylic acids is 2. The van der Waals surface area contributed by atoms with Crippen LogP contribution in [0.4, 0.5) is 4.79 Å². The van der Waals surface area contributed by atoms with E-state index in [4.69, 9.17) is 5.11 Å². The summed E-state index contributed by atoms with van der Waals surface area (Å²) in [7, 11) is 0. The summed E-state index contributed by atoms with van der Waals surface area (Å²) in [5.41, 5.74) is 0. The highest BCUT2D eigenvalue weighted by Gasteiger charge is 2.37. The standard InChI is InChI=1S/C13H23N3O4/c1-8(2)15-11(17)4-6-14-13(20)16-7-5-10(9(16)3)12(18)19/h8-10H,4-7H2,1-3H3,(H,14,20)(H,15,17)(H,18,19). The third-order valence-corrected chi connectivity index (χ3v) is 3.41. The Balaban J connectivity index is 2.34. The van der Waals surface area contributed by atoms with Gasteiger partial charge in [0.2, 0.25) is 5.91 Å². The van der Waals surface area contributed by atoms with Crippen LogP contribution < -0.4 is 10.6 Å². The third kappa shape index (κ3) is 4.40. The van der Waals surface area contributed by atoms with E-state index >= 15 is 0 Å². The Morgan fingerprint density at radius 1 is 1.35 bits per heavy atom. The molecule has 114 valence electrons. The lowest BCUT2D eigenvalue weighted by atomic mass is 10.0. The predicted molar refractivity (Wildman–Crippen MR) is 73.2 cm³/mol. The van der Waals surface area contributed by atoms with Gasteiger partial charge in [0, 0.05) is 31.6 Å². The molecule has 1 fully saturated rings. The lowest BCUT2D eigenvalue weighted by Crippen LogP contribution is -2.45. The fraction of sp³-hybridized carbons (Fsp3) is 0.769. The van der Waals surface area contributed by atoms with Gasteiger partial charge in [0.15, 0.2) is 0 Å². The minimum absolute atomic E-state index is 0.0770. The van der Waals surface area contributed by atoms with E-state index in [1.54, 1.807) is 6.92 Å². The zero-order chi connectivity index (χ0) is 15.3. The van der Waals surface area contributed by atoms with E-state index in [0.717, 1.165) is 0 Å². The molecule has 0 aliphatic carbocycles. The van der Waals surface area contributed by atoms with Crippen LogP contribution in [0.25, 0.3) is 0 Å². The van der Waals surface area contributed by atoms with Crippen LogP contribution in [0, 0.1) is 5.92 Å². The number of carbonyl (C=O) groups is 3. The minimum Gasteiger partial charge on any atom is -0.481 e. The van der Waals surface area contributed by atoms with Crippen molar-refractivity contribution < 1.29 is 19.5 Å². The summed E-state index contributed by atoms with van der Waals surface area (Å²) in [5, 5.41) is 14.4. The third-order valence-electron chi connectivity index (χ3n) is 3.41. The number of carboxylic acids is 1. The van der Waals surface area contributed by atoms with Crippen molar-refractivity contribution in [2.75, 3.05) is 13.1 Å². The van der Waals surface area contributed by atoms with Crippen molar-refractivity contribution >= 4 is 17.9 Å². The van der Waals surface area contributed by atoms with Gasteiger partial charge in [-0.3, -0.25) is 9.59 Å². The molecule has 2 atom stereocenters. The molecule has 1 heterocycles. The molecule has 1 rings (SSSR count). The van der Waals surface area contributed by atoms with E-state index in [-0.39, 0.29) is 37.0 Å². The Kier molecular flexibility index (Phi) is 5.79. The van der Waals surface area contributed by atoms with Crippen LogP contribution in [-0.2, 0) is 9.59 Å². The van der Waals surface area contributed by atoms with Gasteiger partial charge in [-0.05, 0) is 27.2 Å². The molecule has 0 radical (unpaired) electrons. The van der Waals surface area contributed by atoms with E-state index in [1.807, 2.05) is 13.8 Å². The monoisotopic (exact) mass is 285 g/mol. The second-order valence-corrected chi connectivity index (χ2v) is 5.37. The Morgan fingerprint density at radius 2 is 2.00 bits per heavy atom. The van der Waals surface area contributed by atoms with Gasteiger partial charge in [-0.25, -0.2) is 4.79 Å². The van der Waals surface area contributed by atoms with Crippen LogP contribution in [0.3, 0.4) is 0 Å². The molecule has 0 aromatic rings. The fourth-order valence-electron chi connectivity index (χ4n) is 2.34. The average molecular weight is 285 g/mol. The van der Waals surface area contributed by atoms with E-state index in [2.05, 4.69) is 10.6 Å². The van der Waals surface area contributed by atoms with E-state index in [1.165, 1.54) is 4.90 Å². The molecule has 0 aromatic carbocycles. The molecule has 20 heavy (non-hydrogen) atoms. The van der Waals surface area contributed by atoms with Crippen molar-refractivity contribution in [1.29, 1.82) is 0 Å². The molecule has 7 heteroatoms.